The van der Waals surface area contributed by atoms with Crippen LogP contribution in [0.2, 0.25) is 0 Å². The first-order valence-corrected chi connectivity index (χ1v) is 6.82. The molecule has 2 N–H and O–H groups in total. The quantitative estimate of drug-likeness (QED) is 0.841. The highest BCUT2D eigenvalue weighted by molar-refractivity contribution is 6.55. The number of aromatic hydroxyl groups is 1. The first-order valence-electron chi connectivity index (χ1n) is 6.82. The number of halogens is 1. The first kappa shape index (κ1) is 16.0. The van der Waals surface area contributed by atoms with E-state index in [0.717, 1.165) is 0 Å². The van der Waals surface area contributed by atoms with E-state index in [1.165, 1.54) is 24.3 Å². The fourth-order valence-electron chi connectivity index (χ4n) is 2.04. The van der Waals surface area contributed by atoms with Crippen LogP contribution in [0, 0.1) is 5.82 Å². The third kappa shape index (κ3) is 2.97. The van der Waals surface area contributed by atoms with Crippen molar-refractivity contribution in [2.75, 3.05) is 6.61 Å². The molecule has 1 heterocycles. The molecule has 1 saturated heterocycles. The van der Waals surface area contributed by atoms with Crippen LogP contribution in [0.3, 0.4) is 0 Å². The molecule has 4 nitrogen and oxygen atoms in total. The monoisotopic (exact) mass is 294 g/mol. The Balaban J connectivity index is 2.36. The van der Waals surface area contributed by atoms with E-state index in [-0.39, 0.29) is 17.9 Å². The van der Waals surface area contributed by atoms with Crippen molar-refractivity contribution in [1.82, 2.24) is 0 Å². The van der Waals surface area contributed by atoms with E-state index in [9.17, 15) is 14.6 Å². The predicted molar refractivity (Wildman–Crippen MR) is 79.2 cm³/mol. The van der Waals surface area contributed by atoms with Crippen molar-refractivity contribution in [3.63, 3.8) is 0 Å². The summed E-state index contributed by atoms with van der Waals surface area (Å²) in [4.78, 5) is 0. The van der Waals surface area contributed by atoms with Gasteiger partial charge in [-0.3, -0.25) is 0 Å². The molecule has 0 unspecified atom stereocenters. The average Bonchev–Trinajstić information content (AvgIpc) is 2.58. The lowest BCUT2D eigenvalue weighted by atomic mass is 9.77. The van der Waals surface area contributed by atoms with Crippen LogP contribution in [0.15, 0.2) is 23.7 Å². The van der Waals surface area contributed by atoms with Gasteiger partial charge in [0.2, 0.25) is 0 Å². The lowest BCUT2D eigenvalue weighted by Gasteiger charge is -2.32. The number of hydrogen-bond acceptors (Lipinski definition) is 4. The molecule has 21 heavy (non-hydrogen) atoms. The summed E-state index contributed by atoms with van der Waals surface area (Å²) in [5.74, 6) is -0.769. The SMILES string of the molecule is CC1(C)OB(C(=Cc2c(O)cccc2F)CO)OC1(C)C. The maximum atomic E-state index is 13.8. The Morgan fingerprint density at radius 1 is 1.24 bits per heavy atom. The predicted octanol–water partition coefficient (Wildman–Crippen LogP) is 2.54. The van der Waals surface area contributed by atoms with Crippen molar-refractivity contribution < 1.29 is 23.9 Å². The molecule has 0 aromatic heterocycles. The minimum atomic E-state index is -0.779. The molecule has 0 radical (unpaired) electrons. The lowest BCUT2D eigenvalue weighted by Crippen LogP contribution is -2.41. The Morgan fingerprint density at radius 2 is 1.81 bits per heavy atom. The molecule has 1 aromatic carbocycles. The van der Waals surface area contributed by atoms with Crippen molar-refractivity contribution >= 4 is 13.2 Å². The Morgan fingerprint density at radius 3 is 2.29 bits per heavy atom. The summed E-state index contributed by atoms with van der Waals surface area (Å²) >= 11 is 0. The number of hydrogen-bond donors (Lipinski definition) is 2. The third-order valence-electron chi connectivity index (χ3n) is 4.10. The number of phenolic OH excluding ortho intramolecular Hbond substituents is 1. The van der Waals surface area contributed by atoms with Gasteiger partial charge in [-0.05, 0) is 45.3 Å². The number of aliphatic hydroxyl groups excluding tert-OH is 1. The molecule has 0 amide bonds. The molecule has 1 fully saturated rings. The molecule has 1 aromatic rings. The Kier molecular flexibility index (Phi) is 4.15. The normalized spacial score (nSPS) is 20.9. The van der Waals surface area contributed by atoms with E-state index >= 15 is 0 Å². The molecule has 1 aliphatic heterocycles. The zero-order chi connectivity index (χ0) is 15.8. The van der Waals surface area contributed by atoms with Gasteiger partial charge in [-0.2, -0.15) is 0 Å². The van der Waals surface area contributed by atoms with Crippen molar-refractivity contribution in [3.05, 3.63) is 35.1 Å². The molecular formula is C15H20BFO4. The molecule has 0 saturated carbocycles. The maximum absolute atomic E-state index is 13.8. The standard InChI is InChI=1S/C15H20BFO4/c1-14(2)15(3,4)21-16(20-14)10(9-18)8-11-12(17)6-5-7-13(11)19/h5-8,18-19H,9H2,1-4H3. The van der Waals surface area contributed by atoms with E-state index in [1.807, 2.05) is 27.7 Å². The number of benzene rings is 1. The van der Waals surface area contributed by atoms with Crippen molar-refractivity contribution in [2.45, 2.75) is 38.9 Å². The summed E-state index contributed by atoms with van der Waals surface area (Å²) < 4.78 is 25.4. The molecular weight excluding hydrogens is 274 g/mol. The fraction of sp³-hybridized carbons (Fsp3) is 0.467. The number of aliphatic hydroxyl groups is 1. The number of rotatable bonds is 3. The molecule has 0 spiro atoms. The summed E-state index contributed by atoms with van der Waals surface area (Å²) in [6, 6.07) is 4.04. The third-order valence-corrected chi connectivity index (χ3v) is 4.10. The average molecular weight is 294 g/mol. The zero-order valence-corrected chi connectivity index (χ0v) is 12.7. The second kappa shape index (κ2) is 5.44. The summed E-state index contributed by atoms with van der Waals surface area (Å²) in [7, 11) is -0.779. The van der Waals surface area contributed by atoms with Gasteiger partial charge < -0.3 is 19.5 Å². The van der Waals surface area contributed by atoms with Crippen molar-refractivity contribution in [2.24, 2.45) is 0 Å². The summed E-state index contributed by atoms with van der Waals surface area (Å²) in [6.07, 6.45) is 1.37. The van der Waals surface area contributed by atoms with Gasteiger partial charge in [0.05, 0.1) is 23.4 Å². The molecule has 0 aliphatic carbocycles. The zero-order valence-electron chi connectivity index (χ0n) is 12.7. The van der Waals surface area contributed by atoms with E-state index in [4.69, 9.17) is 9.31 Å². The van der Waals surface area contributed by atoms with E-state index < -0.39 is 24.1 Å². The highest BCUT2D eigenvalue weighted by Crippen LogP contribution is 2.39. The molecule has 1 aliphatic rings. The minimum absolute atomic E-state index is 0.0104. The van der Waals surface area contributed by atoms with Crippen LogP contribution in [0.4, 0.5) is 4.39 Å². The Bertz CT molecular complexity index is 533. The fourth-order valence-corrected chi connectivity index (χ4v) is 2.04. The second-order valence-corrected chi connectivity index (χ2v) is 6.14. The van der Waals surface area contributed by atoms with Crippen LogP contribution in [0.5, 0.6) is 5.75 Å². The first-order chi connectivity index (χ1) is 9.68. The van der Waals surface area contributed by atoms with E-state index in [2.05, 4.69) is 0 Å². The minimum Gasteiger partial charge on any atom is -0.507 e. The van der Waals surface area contributed by atoms with Gasteiger partial charge in [0.25, 0.3) is 0 Å². The molecule has 0 bridgehead atoms. The smallest absolute Gasteiger partial charge is 0.492 e. The van der Waals surface area contributed by atoms with Gasteiger partial charge in [0, 0.05) is 0 Å². The summed E-state index contributed by atoms with van der Waals surface area (Å²) in [5.41, 5.74) is -0.739. The van der Waals surface area contributed by atoms with Crippen LogP contribution in [-0.2, 0) is 9.31 Å². The van der Waals surface area contributed by atoms with Gasteiger partial charge in [0.15, 0.2) is 0 Å². The van der Waals surface area contributed by atoms with Crippen LogP contribution < -0.4 is 0 Å². The van der Waals surface area contributed by atoms with Crippen LogP contribution in [-0.4, -0.2) is 35.1 Å². The van der Waals surface area contributed by atoms with Gasteiger partial charge >= 0.3 is 7.12 Å². The largest absolute Gasteiger partial charge is 0.507 e. The van der Waals surface area contributed by atoms with Crippen LogP contribution >= 0.6 is 0 Å². The maximum Gasteiger partial charge on any atom is 0.492 e. The highest BCUT2D eigenvalue weighted by Gasteiger charge is 2.52. The van der Waals surface area contributed by atoms with Gasteiger partial charge in [-0.15, -0.1) is 0 Å². The second-order valence-electron chi connectivity index (χ2n) is 6.14. The van der Waals surface area contributed by atoms with Gasteiger partial charge in [-0.25, -0.2) is 4.39 Å². The summed E-state index contributed by atoms with van der Waals surface area (Å²) in [5, 5.41) is 19.3. The summed E-state index contributed by atoms with van der Waals surface area (Å²) in [6.45, 7) is 7.21. The Hall–Kier alpha value is -1.37. The van der Waals surface area contributed by atoms with E-state index in [1.54, 1.807) is 0 Å². The Labute approximate surface area is 124 Å². The molecule has 6 heteroatoms. The molecule has 114 valence electrons. The number of phenols is 1. The van der Waals surface area contributed by atoms with Crippen molar-refractivity contribution in [3.8, 4) is 5.75 Å². The van der Waals surface area contributed by atoms with Crippen molar-refractivity contribution in [1.29, 1.82) is 0 Å². The molecule has 0 atom stereocenters. The van der Waals surface area contributed by atoms with Gasteiger partial charge in [-0.1, -0.05) is 12.1 Å². The topological polar surface area (TPSA) is 58.9 Å². The highest BCUT2D eigenvalue weighted by atomic mass is 19.1. The lowest BCUT2D eigenvalue weighted by molar-refractivity contribution is 0.00578. The van der Waals surface area contributed by atoms with Gasteiger partial charge in [0.1, 0.15) is 11.6 Å². The van der Waals surface area contributed by atoms with E-state index in [0.29, 0.717) is 5.47 Å². The van der Waals surface area contributed by atoms with Crippen LogP contribution in [0.1, 0.15) is 33.3 Å². The van der Waals surface area contributed by atoms with Crippen LogP contribution in [0.25, 0.3) is 6.08 Å². The molecule has 2 rings (SSSR count).